The van der Waals surface area contributed by atoms with Gasteiger partial charge in [0.25, 0.3) is 0 Å². The molecule has 1 aliphatic carbocycles. The summed E-state index contributed by atoms with van der Waals surface area (Å²) < 4.78 is 40.2. The maximum absolute atomic E-state index is 12.1. The third-order valence-electron chi connectivity index (χ3n) is 4.31. The van der Waals surface area contributed by atoms with Crippen LogP contribution in [0.5, 0.6) is 5.75 Å². The van der Waals surface area contributed by atoms with Crippen molar-refractivity contribution in [2.75, 3.05) is 6.54 Å². The van der Waals surface area contributed by atoms with E-state index in [1.165, 1.54) is 24.3 Å². The van der Waals surface area contributed by atoms with Crippen LogP contribution in [0.15, 0.2) is 24.3 Å². The molecule has 6 heteroatoms. The minimum Gasteiger partial charge on any atom is -0.406 e. The van der Waals surface area contributed by atoms with Crippen molar-refractivity contribution in [1.82, 2.24) is 0 Å². The number of alkyl halides is 3. The first-order valence-electron chi connectivity index (χ1n) is 6.99. The quantitative estimate of drug-likeness (QED) is 0.896. The number of aliphatic hydroxyl groups is 1. The highest BCUT2D eigenvalue weighted by molar-refractivity contribution is 5.30. The van der Waals surface area contributed by atoms with Crippen molar-refractivity contribution in [2.45, 2.75) is 38.7 Å². The molecule has 1 aromatic carbocycles. The minimum absolute atomic E-state index is 0.292. The molecule has 2 rings (SSSR count). The zero-order valence-electron chi connectivity index (χ0n) is 11.9. The predicted octanol–water partition coefficient (Wildman–Crippen LogP) is 3.38. The van der Waals surface area contributed by atoms with E-state index in [0.717, 1.165) is 19.3 Å². The lowest BCUT2D eigenvalue weighted by Crippen LogP contribution is -2.34. The van der Waals surface area contributed by atoms with Gasteiger partial charge in [0.05, 0.1) is 6.10 Å². The Bertz CT molecular complexity index is 475. The molecule has 3 unspecified atom stereocenters. The van der Waals surface area contributed by atoms with Gasteiger partial charge in [-0.3, -0.25) is 0 Å². The number of aliphatic hydroxyl groups excluding tert-OH is 1. The molecule has 0 heterocycles. The van der Waals surface area contributed by atoms with E-state index in [2.05, 4.69) is 11.7 Å². The van der Waals surface area contributed by atoms with Crippen LogP contribution in [0.3, 0.4) is 0 Å². The molecule has 0 aliphatic heterocycles. The third-order valence-corrected chi connectivity index (χ3v) is 4.31. The molecule has 1 aliphatic rings. The molecular formula is C15H20F3NO2. The second-order valence-corrected chi connectivity index (χ2v) is 5.93. The van der Waals surface area contributed by atoms with Gasteiger partial charge in [-0.1, -0.05) is 25.5 Å². The summed E-state index contributed by atoms with van der Waals surface area (Å²) in [4.78, 5) is 0. The van der Waals surface area contributed by atoms with Gasteiger partial charge in [-0.15, -0.1) is 13.2 Å². The van der Waals surface area contributed by atoms with Crippen LogP contribution in [0.2, 0.25) is 0 Å². The fraction of sp³-hybridized carbons (Fsp3) is 0.600. The van der Waals surface area contributed by atoms with E-state index in [1.807, 2.05) is 0 Å². The van der Waals surface area contributed by atoms with Gasteiger partial charge < -0.3 is 15.6 Å². The van der Waals surface area contributed by atoms with Gasteiger partial charge in [-0.2, -0.15) is 0 Å². The summed E-state index contributed by atoms with van der Waals surface area (Å²) in [6.07, 6.45) is -2.83. The van der Waals surface area contributed by atoms with E-state index in [0.29, 0.717) is 18.0 Å². The number of hydrogen-bond donors (Lipinski definition) is 2. The molecule has 0 aromatic heterocycles. The first-order valence-corrected chi connectivity index (χ1v) is 6.99. The molecule has 0 amide bonds. The maximum atomic E-state index is 12.1. The SMILES string of the molecule is CC1CCC(CN)(C(O)c2ccc(OC(F)(F)F)cc2)C1. The second kappa shape index (κ2) is 5.85. The molecule has 3 nitrogen and oxygen atoms in total. The van der Waals surface area contributed by atoms with Crippen LogP contribution in [0.4, 0.5) is 13.2 Å². The van der Waals surface area contributed by atoms with E-state index < -0.39 is 12.5 Å². The largest absolute Gasteiger partial charge is 0.573 e. The number of ether oxygens (including phenoxy) is 1. The Morgan fingerprint density at radius 2 is 2.00 bits per heavy atom. The van der Waals surface area contributed by atoms with Crippen LogP contribution >= 0.6 is 0 Å². The predicted molar refractivity (Wildman–Crippen MR) is 72.6 cm³/mol. The molecule has 21 heavy (non-hydrogen) atoms. The van der Waals surface area contributed by atoms with Gasteiger partial charge in [0.15, 0.2) is 0 Å². The van der Waals surface area contributed by atoms with Crippen molar-refractivity contribution in [3.63, 3.8) is 0 Å². The van der Waals surface area contributed by atoms with Crippen LogP contribution < -0.4 is 10.5 Å². The standard InChI is InChI=1S/C15H20F3NO2/c1-10-6-7-14(8-10,9-19)13(20)11-2-4-12(5-3-11)21-15(16,17)18/h2-5,10,13,20H,6-9,19H2,1H3. The average molecular weight is 303 g/mol. The highest BCUT2D eigenvalue weighted by Gasteiger charge is 2.43. The van der Waals surface area contributed by atoms with Gasteiger partial charge in [0.1, 0.15) is 5.75 Å². The van der Waals surface area contributed by atoms with Crippen LogP contribution in [0.1, 0.15) is 37.9 Å². The van der Waals surface area contributed by atoms with Gasteiger partial charge in [0, 0.05) is 12.0 Å². The maximum Gasteiger partial charge on any atom is 0.573 e. The molecule has 0 spiro atoms. The lowest BCUT2D eigenvalue weighted by molar-refractivity contribution is -0.274. The van der Waals surface area contributed by atoms with Crippen molar-refractivity contribution in [1.29, 1.82) is 0 Å². The third kappa shape index (κ3) is 3.68. The summed E-state index contributed by atoms with van der Waals surface area (Å²) in [5.74, 6) is 0.205. The summed E-state index contributed by atoms with van der Waals surface area (Å²) in [6.45, 7) is 2.48. The number of nitrogens with two attached hydrogens (primary N) is 1. The molecule has 1 aromatic rings. The normalized spacial score (nSPS) is 27.6. The average Bonchev–Trinajstić information content (AvgIpc) is 2.80. The Hall–Kier alpha value is -1.27. The minimum atomic E-state index is -4.71. The molecular weight excluding hydrogens is 283 g/mol. The molecule has 1 fully saturated rings. The molecule has 3 atom stereocenters. The Labute approximate surface area is 121 Å². The smallest absolute Gasteiger partial charge is 0.406 e. The van der Waals surface area contributed by atoms with Crippen LogP contribution in [0, 0.1) is 11.3 Å². The van der Waals surface area contributed by atoms with Crippen LogP contribution in [0.25, 0.3) is 0 Å². The van der Waals surface area contributed by atoms with Crippen LogP contribution in [-0.4, -0.2) is 18.0 Å². The zero-order valence-corrected chi connectivity index (χ0v) is 11.9. The summed E-state index contributed by atoms with van der Waals surface area (Å²) in [7, 11) is 0. The zero-order chi connectivity index (χ0) is 15.7. The highest BCUT2D eigenvalue weighted by Crippen LogP contribution is 2.49. The summed E-state index contributed by atoms with van der Waals surface area (Å²) >= 11 is 0. The first-order chi connectivity index (χ1) is 9.76. The lowest BCUT2D eigenvalue weighted by atomic mass is 9.77. The summed E-state index contributed by atoms with van der Waals surface area (Å²) in [6, 6.07) is 5.36. The van der Waals surface area contributed by atoms with Gasteiger partial charge in [0.2, 0.25) is 0 Å². The monoisotopic (exact) mass is 303 g/mol. The van der Waals surface area contributed by atoms with Crippen molar-refractivity contribution in [3.05, 3.63) is 29.8 Å². The molecule has 0 saturated heterocycles. The first kappa shape index (κ1) is 16.1. The Morgan fingerprint density at radius 1 is 1.38 bits per heavy atom. The fourth-order valence-electron chi connectivity index (χ4n) is 3.18. The van der Waals surface area contributed by atoms with E-state index >= 15 is 0 Å². The lowest BCUT2D eigenvalue weighted by Gasteiger charge is -2.33. The van der Waals surface area contributed by atoms with E-state index in [1.54, 1.807) is 0 Å². The van der Waals surface area contributed by atoms with Gasteiger partial charge in [-0.05, 0) is 36.5 Å². The topological polar surface area (TPSA) is 55.5 Å². The van der Waals surface area contributed by atoms with E-state index in [-0.39, 0.29) is 11.2 Å². The molecule has 1 saturated carbocycles. The van der Waals surface area contributed by atoms with Crippen molar-refractivity contribution in [3.8, 4) is 5.75 Å². The molecule has 3 N–H and O–H groups in total. The molecule has 0 bridgehead atoms. The van der Waals surface area contributed by atoms with Crippen LogP contribution in [-0.2, 0) is 0 Å². The Morgan fingerprint density at radius 3 is 2.43 bits per heavy atom. The molecule has 118 valence electrons. The van der Waals surface area contributed by atoms with E-state index in [4.69, 9.17) is 5.73 Å². The van der Waals surface area contributed by atoms with Gasteiger partial charge in [-0.25, -0.2) is 0 Å². The van der Waals surface area contributed by atoms with E-state index in [9.17, 15) is 18.3 Å². The Kier molecular flexibility index (Phi) is 4.49. The van der Waals surface area contributed by atoms with Gasteiger partial charge >= 0.3 is 6.36 Å². The fourth-order valence-corrected chi connectivity index (χ4v) is 3.18. The molecule has 0 radical (unpaired) electrons. The second-order valence-electron chi connectivity index (χ2n) is 5.93. The number of halogens is 3. The van der Waals surface area contributed by atoms with Crippen molar-refractivity contribution >= 4 is 0 Å². The number of benzene rings is 1. The van der Waals surface area contributed by atoms with Crippen molar-refractivity contribution < 1.29 is 23.0 Å². The number of rotatable bonds is 4. The van der Waals surface area contributed by atoms with Crippen molar-refractivity contribution in [2.24, 2.45) is 17.1 Å². The Balaban J connectivity index is 2.14. The summed E-state index contributed by atoms with van der Waals surface area (Å²) in [5, 5.41) is 10.6. The number of hydrogen-bond acceptors (Lipinski definition) is 3. The summed E-state index contributed by atoms with van der Waals surface area (Å²) in [5.41, 5.74) is 6.04. The highest BCUT2D eigenvalue weighted by atomic mass is 19.4.